The number of hydrogen-bond donors (Lipinski definition) is 3. The average molecular weight is 336 g/mol. The van der Waals surface area contributed by atoms with Crippen LogP contribution in [0.15, 0.2) is 23.3 Å². The first-order valence-corrected chi connectivity index (χ1v) is 9.36. The van der Waals surface area contributed by atoms with Gasteiger partial charge in [-0.2, -0.15) is 0 Å². The Balaban J connectivity index is 1.49. The molecule has 0 amide bonds. The van der Waals surface area contributed by atoms with Crippen molar-refractivity contribution in [3.05, 3.63) is 28.8 Å². The summed E-state index contributed by atoms with van der Waals surface area (Å²) in [6, 6.07) is 3.20. The minimum absolute atomic E-state index is 0.0255. The van der Waals surface area contributed by atoms with Crippen molar-refractivity contribution in [2.45, 2.75) is 6.42 Å². The van der Waals surface area contributed by atoms with Crippen molar-refractivity contribution in [1.82, 2.24) is 15.0 Å². The topological polar surface area (TPSA) is 119 Å². The van der Waals surface area contributed by atoms with Crippen LogP contribution < -0.4 is 10.5 Å². The van der Waals surface area contributed by atoms with Crippen LogP contribution in [0.25, 0.3) is 11.0 Å². The lowest BCUT2D eigenvalue weighted by Gasteiger charge is -2.22. The molecule has 2 aromatic heterocycles. The van der Waals surface area contributed by atoms with E-state index in [4.69, 9.17) is 9.79 Å². The molecule has 1 aliphatic heterocycles. The monoisotopic (exact) mass is 336 g/mol. The highest BCUT2D eigenvalue weighted by atomic mass is 31.2. The average Bonchev–Trinajstić information content (AvgIpc) is 2.94. The molecule has 3 atom stereocenters. The second-order valence-electron chi connectivity index (χ2n) is 6.36. The summed E-state index contributed by atoms with van der Waals surface area (Å²) in [6.07, 6.45) is 2.01. The Morgan fingerprint density at radius 3 is 2.70 bits per heavy atom. The summed E-state index contributed by atoms with van der Waals surface area (Å²) < 4.78 is 11.0. The van der Waals surface area contributed by atoms with E-state index in [9.17, 15) is 9.36 Å². The number of H-pyrrole nitrogens is 1. The highest BCUT2D eigenvalue weighted by Crippen LogP contribution is 2.56. The van der Waals surface area contributed by atoms with Gasteiger partial charge in [-0.25, -0.2) is 9.97 Å². The van der Waals surface area contributed by atoms with Crippen molar-refractivity contribution in [3.8, 4) is 0 Å². The molecule has 2 fully saturated rings. The summed E-state index contributed by atoms with van der Waals surface area (Å²) >= 11 is 0. The standard InChI is InChI=1S/C14H17N4O4P/c19-12-2-1-9-13(17-12)15-7-16-14(9)18-5-10-8(11(10)6-18)3-4-23(20,21)22/h1-2,7-8,10-11H,3-6H2,(H2,20,21,22)(H,15,16,17,19)/t8?,10-,11+. The third kappa shape index (κ3) is 2.78. The van der Waals surface area contributed by atoms with E-state index in [-0.39, 0.29) is 11.7 Å². The fourth-order valence-corrected chi connectivity index (χ4v) is 4.41. The number of aromatic amines is 1. The Morgan fingerprint density at radius 2 is 2.00 bits per heavy atom. The Morgan fingerprint density at radius 1 is 1.26 bits per heavy atom. The van der Waals surface area contributed by atoms with Crippen LogP contribution in [0.4, 0.5) is 5.82 Å². The molecule has 2 aliphatic rings. The highest BCUT2D eigenvalue weighted by molar-refractivity contribution is 7.51. The van der Waals surface area contributed by atoms with Gasteiger partial charge < -0.3 is 19.7 Å². The van der Waals surface area contributed by atoms with Crippen LogP contribution in [0.2, 0.25) is 0 Å². The summed E-state index contributed by atoms with van der Waals surface area (Å²) in [5, 5.41) is 0.820. The Hall–Kier alpha value is -1.76. The molecule has 0 bridgehead atoms. The van der Waals surface area contributed by atoms with Crippen molar-refractivity contribution >= 4 is 24.4 Å². The van der Waals surface area contributed by atoms with Crippen molar-refractivity contribution in [3.63, 3.8) is 0 Å². The molecule has 0 radical (unpaired) electrons. The van der Waals surface area contributed by atoms with E-state index in [1.165, 1.54) is 12.4 Å². The Bertz CT molecular complexity index is 851. The Labute approximate surface area is 131 Å². The molecule has 3 N–H and O–H groups in total. The Kier molecular flexibility index (Phi) is 3.30. The highest BCUT2D eigenvalue weighted by Gasteiger charge is 2.55. The van der Waals surface area contributed by atoms with Crippen LogP contribution in [-0.4, -0.2) is 44.0 Å². The van der Waals surface area contributed by atoms with Crippen LogP contribution in [0.5, 0.6) is 0 Å². The first kappa shape index (κ1) is 14.8. The van der Waals surface area contributed by atoms with Crippen LogP contribution >= 0.6 is 7.60 Å². The number of nitrogens with one attached hydrogen (secondary N) is 1. The van der Waals surface area contributed by atoms with E-state index in [0.29, 0.717) is 29.8 Å². The minimum atomic E-state index is -3.90. The van der Waals surface area contributed by atoms with Gasteiger partial charge in [-0.3, -0.25) is 9.36 Å². The van der Waals surface area contributed by atoms with Crippen molar-refractivity contribution in [2.24, 2.45) is 17.8 Å². The molecule has 3 heterocycles. The fraction of sp³-hybridized carbons (Fsp3) is 0.500. The number of aromatic nitrogens is 3. The van der Waals surface area contributed by atoms with Crippen LogP contribution in [-0.2, 0) is 4.57 Å². The van der Waals surface area contributed by atoms with Crippen molar-refractivity contribution in [1.29, 1.82) is 0 Å². The van der Waals surface area contributed by atoms with E-state index in [0.717, 1.165) is 24.3 Å². The van der Waals surface area contributed by atoms with Crippen LogP contribution in [0, 0.1) is 17.8 Å². The number of piperidine rings is 1. The zero-order valence-electron chi connectivity index (χ0n) is 12.3. The predicted molar refractivity (Wildman–Crippen MR) is 84.4 cm³/mol. The molecule has 2 aromatic rings. The van der Waals surface area contributed by atoms with Gasteiger partial charge in [0.05, 0.1) is 11.5 Å². The van der Waals surface area contributed by atoms with Gasteiger partial charge in [-0.15, -0.1) is 0 Å². The number of rotatable bonds is 4. The third-order valence-corrected chi connectivity index (χ3v) is 5.77. The SMILES string of the molecule is O=c1ccc2c(N3C[C@@H]4C(CCP(=O)(O)O)[C@@H]4C3)ncnc2[nH]1. The van der Waals surface area contributed by atoms with Gasteiger partial charge in [0.25, 0.3) is 0 Å². The molecule has 122 valence electrons. The van der Waals surface area contributed by atoms with E-state index in [1.807, 2.05) is 0 Å². The van der Waals surface area contributed by atoms with E-state index in [1.54, 1.807) is 6.07 Å². The maximum Gasteiger partial charge on any atom is 0.325 e. The van der Waals surface area contributed by atoms with E-state index in [2.05, 4.69) is 19.9 Å². The smallest absolute Gasteiger partial charge is 0.325 e. The summed E-state index contributed by atoms with van der Waals surface area (Å²) in [5.41, 5.74) is 0.338. The molecular weight excluding hydrogens is 319 g/mol. The molecule has 1 saturated carbocycles. The van der Waals surface area contributed by atoms with Gasteiger partial charge in [0.2, 0.25) is 5.56 Å². The number of anilines is 1. The summed E-state index contributed by atoms with van der Waals surface area (Å²) in [7, 11) is -3.90. The van der Waals surface area contributed by atoms with Gasteiger partial charge in [0.15, 0.2) is 0 Å². The fourth-order valence-electron chi connectivity index (χ4n) is 3.78. The van der Waals surface area contributed by atoms with Gasteiger partial charge >= 0.3 is 7.60 Å². The summed E-state index contributed by atoms with van der Waals surface area (Å²) in [6.45, 7) is 1.67. The number of nitrogens with zero attached hydrogens (tertiary/aromatic N) is 3. The van der Waals surface area contributed by atoms with E-state index < -0.39 is 7.60 Å². The van der Waals surface area contributed by atoms with Gasteiger partial charge in [-0.05, 0) is 30.2 Å². The van der Waals surface area contributed by atoms with Crippen LogP contribution in [0.1, 0.15) is 6.42 Å². The zero-order chi connectivity index (χ0) is 16.2. The minimum Gasteiger partial charge on any atom is -0.355 e. The molecule has 4 rings (SSSR count). The molecule has 0 spiro atoms. The summed E-state index contributed by atoms with van der Waals surface area (Å²) in [5.74, 6) is 2.18. The second-order valence-corrected chi connectivity index (χ2v) is 8.13. The number of pyridine rings is 1. The molecule has 1 unspecified atom stereocenters. The number of fused-ring (bicyclic) bond motifs is 2. The maximum absolute atomic E-state index is 11.4. The van der Waals surface area contributed by atoms with Crippen molar-refractivity contribution in [2.75, 3.05) is 24.2 Å². The number of hydrogen-bond acceptors (Lipinski definition) is 5. The summed E-state index contributed by atoms with van der Waals surface area (Å²) in [4.78, 5) is 42.7. The van der Waals surface area contributed by atoms with Gasteiger partial charge in [0, 0.05) is 19.2 Å². The largest absolute Gasteiger partial charge is 0.355 e. The molecule has 8 nitrogen and oxygen atoms in total. The van der Waals surface area contributed by atoms with Crippen molar-refractivity contribution < 1.29 is 14.4 Å². The van der Waals surface area contributed by atoms with E-state index >= 15 is 0 Å². The first-order chi connectivity index (χ1) is 10.9. The predicted octanol–water partition coefficient (Wildman–Crippen LogP) is 0.568. The lowest BCUT2D eigenvalue weighted by molar-refractivity contribution is 0.369. The second kappa shape index (κ2) is 5.12. The third-order valence-electron chi connectivity index (χ3n) is 4.93. The molecule has 1 aliphatic carbocycles. The zero-order valence-corrected chi connectivity index (χ0v) is 13.2. The van der Waals surface area contributed by atoms with Crippen LogP contribution in [0.3, 0.4) is 0 Å². The molecule has 0 aromatic carbocycles. The lowest BCUT2D eigenvalue weighted by atomic mass is 10.2. The maximum atomic E-state index is 11.4. The molecule has 1 saturated heterocycles. The molecule has 23 heavy (non-hydrogen) atoms. The van der Waals surface area contributed by atoms with Gasteiger partial charge in [-0.1, -0.05) is 0 Å². The van der Waals surface area contributed by atoms with Gasteiger partial charge in [0.1, 0.15) is 17.8 Å². The first-order valence-electron chi connectivity index (χ1n) is 7.56. The normalized spacial score (nSPS) is 26.5. The molecular formula is C14H17N4O4P. The quantitative estimate of drug-likeness (QED) is 0.698. The lowest BCUT2D eigenvalue weighted by Crippen LogP contribution is -2.25. The molecule has 9 heteroatoms.